The molecule has 0 spiro atoms. The summed E-state index contributed by atoms with van der Waals surface area (Å²) in [5.41, 5.74) is 0. The first kappa shape index (κ1) is 22.2. The van der Waals surface area contributed by atoms with Crippen LogP contribution >= 0.6 is 8.18 Å². The third-order valence-corrected chi connectivity index (χ3v) is 4.56. The van der Waals surface area contributed by atoms with Gasteiger partial charge in [-0.1, -0.05) is 31.8 Å². The van der Waals surface area contributed by atoms with Gasteiger partial charge in [0.15, 0.2) is 0 Å². The van der Waals surface area contributed by atoms with Crippen LogP contribution in [-0.4, -0.2) is 18.6 Å². The molecule has 26 heavy (non-hydrogen) atoms. The third kappa shape index (κ3) is 5.35. The molecule has 2 unspecified atom stereocenters. The zero-order valence-electron chi connectivity index (χ0n) is 14.2. The molecule has 1 aromatic rings. The van der Waals surface area contributed by atoms with E-state index in [2.05, 4.69) is 4.52 Å². The maximum Gasteiger partial charge on any atom is 0.664 e. The van der Waals surface area contributed by atoms with Crippen molar-refractivity contribution in [1.29, 1.82) is 0 Å². The number of hydrogen-bond acceptors (Lipinski definition) is 4. The van der Waals surface area contributed by atoms with Crippen LogP contribution in [-0.2, 0) is 14.1 Å². The van der Waals surface area contributed by atoms with E-state index in [1.54, 1.807) is 0 Å². The van der Waals surface area contributed by atoms with Crippen LogP contribution in [0, 0.1) is 35.0 Å². The summed E-state index contributed by atoms with van der Waals surface area (Å²) >= 11 is 0. The van der Waals surface area contributed by atoms with E-state index < -0.39 is 55.0 Å². The Morgan fingerprint density at radius 2 is 1.46 bits per heavy atom. The van der Waals surface area contributed by atoms with Crippen molar-refractivity contribution in [2.45, 2.75) is 39.7 Å². The van der Waals surface area contributed by atoms with Crippen LogP contribution in [0.1, 0.15) is 33.6 Å². The molecule has 1 N–H and O–H groups in total. The summed E-state index contributed by atoms with van der Waals surface area (Å²) in [6, 6.07) is -1.20. The molecule has 11 heteroatoms. The van der Waals surface area contributed by atoms with E-state index >= 15 is 0 Å². The van der Waals surface area contributed by atoms with Gasteiger partial charge in [0.2, 0.25) is 29.1 Å². The lowest BCUT2D eigenvalue weighted by Crippen LogP contribution is -2.32. The Kier molecular flexibility index (Phi) is 8.36. The van der Waals surface area contributed by atoms with E-state index in [1.165, 1.54) is 6.92 Å². The van der Waals surface area contributed by atoms with Crippen molar-refractivity contribution in [2.24, 2.45) is 5.92 Å². The van der Waals surface area contributed by atoms with Gasteiger partial charge < -0.3 is 4.74 Å². The summed E-state index contributed by atoms with van der Waals surface area (Å²) in [5.74, 6) is -13.7. The second kappa shape index (κ2) is 9.78. The zero-order chi connectivity index (χ0) is 20.0. The Hall–Kier alpha value is -1.80. The molecule has 1 aromatic carbocycles. The van der Waals surface area contributed by atoms with Gasteiger partial charge in [0.25, 0.3) is 5.75 Å². The number of ether oxygens (including phenoxy) is 1. The van der Waals surface area contributed by atoms with Gasteiger partial charge in [0.05, 0.1) is 6.61 Å². The number of benzene rings is 1. The van der Waals surface area contributed by atoms with Crippen molar-refractivity contribution in [1.82, 2.24) is 5.09 Å². The normalized spacial score (nSPS) is 12.9. The van der Waals surface area contributed by atoms with Crippen LogP contribution in [0.2, 0.25) is 0 Å². The summed E-state index contributed by atoms with van der Waals surface area (Å²) < 4.78 is 86.9. The second-order valence-electron chi connectivity index (χ2n) is 5.41. The summed E-state index contributed by atoms with van der Waals surface area (Å²) in [7, 11) is -3.17. The quantitative estimate of drug-likeness (QED) is 0.218. The Labute approximate surface area is 147 Å². The Bertz CT molecular complexity index is 655. The minimum atomic E-state index is -3.17. The molecule has 0 heterocycles. The standard InChI is InChI=1S/C15H18F5NO4P/c1-4-8(5-2)6-24-15(22)7(3)21-26(23)25-14-12(19)10(17)9(16)11(18)13(14)20/h7-8H,4-6H2,1-3H3,(H,21,23)/q+1. The molecule has 0 radical (unpaired) electrons. The number of rotatable bonds is 9. The van der Waals surface area contributed by atoms with Crippen LogP contribution < -0.4 is 9.61 Å². The van der Waals surface area contributed by atoms with Crippen molar-refractivity contribution >= 4 is 14.1 Å². The number of nitrogens with one attached hydrogen (secondary N) is 1. The first-order valence-corrected chi connectivity index (χ1v) is 8.91. The molecule has 0 aliphatic rings. The van der Waals surface area contributed by atoms with Gasteiger partial charge in [-0.3, -0.25) is 4.79 Å². The summed E-state index contributed by atoms with van der Waals surface area (Å²) in [4.78, 5) is 11.8. The van der Waals surface area contributed by atoms with Crippen molar-refractivity contribution in [3.63, 3.8) is 0 Å². The summed E-state index contributed by atoms with van der Waals surface area (Å²) in [6.45, 7) is 5.20. The number of halogens is 5. The Morgan fingerprint density at radius 1 is 1.00 bits per heavy atom. The smallest absolute Gasteiger partial charge is 0.464 e. The van der Waals surface area contributed by atoms with Crippen LogP contribution in [0.5, 0.6) is 5.75 Å². The maximum absolute atomic E-state index is 13.5. The van der Waals surface area contributed by atoms with E-state index in [0.29, 0.717) is 0 Å². The van der Waals surface area contributed by atoms with Crippen molar-refractivity contribution in [2.75, 3.05) is 6.61 Å². The van der Waals surface area contributed by atoms with Gasteiger partial charge in [-0.05, 0) is 12.8 Å². The van der Waals surface area contributed by atoms with Crippen LogP contribution in [0.15, 0.2) is 0 Å². The van der Waals surface area contributed by atoms with E-state index in [0.717, 1.165) is 12.8 Å². The zero-order valence-corrected chi connectivity index (χ0v) is 15.1. The molecule has 0 bridgehead atoms. The fourth-order valence-electron chi connectivity index (χ4n) is 1.83. The molecule has 1 rings (SSSR count). The first-order chi connectivity index (χ1) is 12.1. The van der Waals surface area contributed by atoms with Gasteiger partial charge in [0.1, 0.15) is 6.04 Å². The fraction of sp³-hybridized carbons (Fsp3) is 0.533. The minimum Gasteiger partial charge on any atom is -0.464 e. The SMILES string of the molecule is CCC(CC)COC(=O)C(C)N[P+](=O)Oc1c(F)c(F)c(F)c(F)c1F. The number of esters is 1. The van der Waals surface area contributed by atoms with Gasteiger partial charge in [-0.15, -0.1) is 0 Å². The average Bonchev–Trinajstić information content (AvgIpc) is 2.62. The number of carbonyl (C=O) groups is 1. The van der Waals surface area contributed by atoms with Crippen molar-refractivity contribution in [3.05, 3.63) is 29.1 Å². The Balaban J connectivity index is 2.74. The average molecular weight is 402 g/mol. The van der Waals surface area contributed by atoms with E-state index in [-0.39, 0.29) is 12.5 Å². The Morgan fingerprint density at radius 3 is 1.92 bits per heavy atom. The fourth-order valence-corrected chi connectivity index (χ4v) is 2.63. The van der Waals surface area contributed by atoms with E-state index in [1.807, 2.05) is 18.9 Å². The van der Waals surface area contributed by atoms with Gasteiger partial charge in [0, 0.05) is 4.57 Å². The van der Waals surface area contributed by atoms with E-state index in [9.17, 15) is 31.3 Å². The van der Waals surface area contributed by atoms with Crippen molar-refractivity contribution < 1.29 is 40.6 Å². The molecule has 2 atom stereocenters. The predicted octanol–water partition coefficient (Wildman–Crippen LogP) is 4.38. The van der Waals surface area contributed by atoms with Crippen LogP contribution in [0.3, 0.4) is 0 Å². The molecule has 0 aromatic heterocycles. The lowest BCUT2D eigenvalue weighted by molar-refractivity contribution is -0.146. The molecule has 0 saturated carbocycles. The molecule has 0 aliphatic heterocycles. The molecule has 0 saturated heterocycles. The second-order valence-corrected chi connectivity index (χ2v) is 6.37. The van der Waals surface area contributed by atoms with Crippen LogP contribution in [0.4, 0.5) is 22.0 Å². The molecule has 146 valence electrons. The first-order valence-electron chi connectivity index (χ1n) is 7.73. The predicted molar refractivity (Wildman–Crippen MR) is 82.1 cm³/mol. The van der Waals surface area contributed by atoms with Crippen molar-refractivity contribution in [3.8, 4) is 5.75 Å². The lowest BCUT2D eigenvalue weighted by Gasteiger charge is -2.13. The molecule has 5 nitrogen and oxygen atoms in total. The molecule has 0 fully saturated rings. The van der Waals surface area contributed by atoms with Crippen LogP contribution in [0.25, 0.3) is 0 Å². The lowest BCUT2D eigenvalue weighted by atomic mass is 10.1. The third-order valence-electron chi connectivity index (χ3n) is 3.61. The molecule has 0 aliphatic carbocycles. The monoisotopic (exact) mass is 402 g/mol. The largest absolute Gasteiger partial charge is 0.664 e. The highest BCUT2D eigenvalue weighted by atomic mass is 31.1. The van der Waals surface area contributed by atoms with Gasteiger partial charge in [-0.25, -0.2) is 17.7 Å². The molecular weight excluding hydrogens is 384 g/mol. The minimum absolute atomic E-state index is 0.132. The topological polar surface area (TPSA) is 64.6 Å². The maximum atomic E-state index is 13.5. The van der Waals surface area contributed by atoms with Gasteiger partial charge in [-0.2, -0.15) is 8.78 Å². The van der Waals surface area contributed by atoms with E-state index in [4.69, 9.17) is 4.74 Å². The highest BCUT2D eigenvalue weighted by Crippen LogP contribution is 2.34. The summed E-state index contributed by atoms with van der Waals surface area (Å²) in [5, 5.41) is 2.04. The highest BCUT2D eigenvalue weighted by Gasteiger charge is 2.35. The highest BCUT2D eigenvalue weighted by molar-refractivity contribution is 7.37. The molecular formula is C15H18F5NO4P+. The van der Waals surface area contributed by atoms with Gasteiger partial charge >= 0.3 is 14.1 Å². The number of carbonyl (C=O) groups excluding carboxylic acids is 1. The number of hydrogen-bond donors (Lipinski definition) is 1. The summed E-state index contributed by atoms with van der Waals surface area (Å²) in [6.07, 6.45) is 1.56. The molecule has 0 amide bonds.